The second-order valence-corrected chi connectivity index (χ2v) is 8.89. The van der Waals surface area contributed by atoms with Crippen LogP contribution in [0.2, 0.25) is 0 Å². The van der Waals surface area contributed by atoms with E-state index in [9.17, 15) is 4.79 Å². The smallest absolute Gasteiger partial charge is 0.260 e. The third kappa shape index (κ3) is 5.70. The van der Waals surface area contributed by atoms with Gasteiger partial charge in [-0.05, 0) is 53.6 Å². The third-order valence-electron chi connectivity index (χ3n) is 6.61. The number of ether oxygens (including phenoxy) is 3. The van der Waals surface area contributed by atoms with Crippen LogP contribution < -0.4 is 19.1 Å². The largest absolute Gasteiger partial charge is 0.497 e. The van der Waals surface area contributed by atoms with Gasteiger partial charge in [0.2, 0.25) is 0 Å². The molecule has 5 rings (SSSR count). The van der Waals surface area contributed by atoms with Crippen molar-refractivity contribution in [1.29, 1.82) is 0 Å². The second kappa shape index (κ2) is 11.6. The van der Waals surface area contributed by atoms with E-state index >= 15 is 0 Å². The fraction of sp³-hybridized carbons (Fsp3) is 0.233. The number of carbonyl (C=O) groups excluding carboxylic acids is 1. The maximum atomic E-state index is 12.7. The molecule has 0 N–H and O–H groups in total. The van der Waals surface area contributed by atoms with Crippen LogP contribution in [0, 0.1) is 0 Å². The highest BCUT2D eigenvalue weighted by atomic mass is 16.5. The molecule has 1 aliphatic heterocycles. The molecule has 0 unspecified atom stereocenters. The number of amides is 1. The minimum absolute atomic E-state index is 0.0154. The Bertz CT molecular complexity index is 1350. The molecule has 0 bridgehead atoms. The van der Waals surface area contributed by atoms with Gasteiger partial charge >= 0.3 is 0 Å². The van der Waals surface area contributed by atoms with Crippen molar-refractivity contribution in [3.63, 3.8) is 0 Å². The first kappa shape index (κ1) is 25.1. The average molecular weight is 511 g/mol. The van der Waals surface area contributed by atoms with Crippen molar-refractivity contribution in [2.75, 3.05) is 51.9 Å². The van der Waals surface area contributed by atoms with Gasteiger partial charge in [0.25, 0.3) is 5.91 Å². The van der Waals surface area contributed by atoms with Crippen LogP contribution in [0.15, 0.2) is 84.9 Å². The molecule has 194 valence electrons. The lowest BCUT2D eigenvalue weighted by Crippen LogP contribution is -2.50. The Hall–Kier alpha value is -4.59. The highest BCUT2D eigenvalue weighted by Crippen LogP contribution is 2.32. The first-order valence-electron chi connectivity index (χ1n) is 12.5. The van der Waals surface area contributed by atoms with Gasteiger partial charge in [0.05, 0.1) is 19.9 Å². The van der Waals surface area contributed by atoms with E-state index in [1.54, 1.807) is 14.2 Å². The van der Waals surface area contributed by atoms with Crippen LogP contribution in [0.1, 0.15) is 0 Å². The van der Waals surface area contributed by atoms with E-state index in [1.807, 2.05) is 77.7 Å². The van der Waals surface area contributed by atoms with E-state index in [2.05, 4.69) is 27.2 Å². The summed E-state index contributed by atoms with van der Waals surface area (Å²) in [7, 11) is 3.25. The summed E-state index contributed by atoms with van der Waals surface area (Å²) in [6, 6.07) is 27.4. The summed E-state index contributed by atoms with van der Waals surface area (Å²) in [6.07, 6.45) is 0. The number of methoxy groups -OCH3 is 2. The number of piperazine rings is 1. The van der Waals surface area contributed by atoms with Crippen molar-refractivity contribution < 1.29 is 19.0 Å². The Morgan fingerprint density at radius 2 is 1.47 bits per heavy atom. The van der Waals surface area contributed by atoms with Crippen molar-refractivity contribution in [2.24, 2.45) is 0 Å². The minimum Gasteiger partial charge on any atom is -0.497 e. The van der Waals surface area contributed by atoms with Gasteiger partial charge in [-0.3, -0.25) is 4.79 Å². The molecular formula is C30H30N4O4. The summed E-state index contributed by atoms with van der Waals surface area (Å²) in [4.78, 5) is 16.7. The van der Waals surface area contributed by atoms with Crippen LogP contribution in [0.4, 0.5) is 5.82 Å². The summed E-state index contributed by atoms with van der Waals surface area (Å²) in [5.41, 5.74) is 3.77. The summed E-state index contributed by atoms with van der Waals surface area (Å²) in [5.74, 6) is 2.86. The Labute approximate surface area is 222 Å². The molecule has 1 aliphatic rings. The first-order valence-corrected chi connectivity index (χ1v) is 12.5. The first-order chi connectivity index (χ1) is 18.6. The standard InChI is InChI=1S/C30H30N4O4/c1-36-25-12-14-28(37-2)26(20-25)27-13-15-29(32-31-27)33-16-18-34(19-17-33)30(35)21-38-24-10-8-23(9-11-24)22-6-4-3-5-7-22/h3-15,20H,16-19,21H2,1-2H3. The molecule has 2 heterocycles. The monoisotopic (exact) mass is 510 g/mol. The molecular weight excluding hydrogens is 480 g/mol. The summed E-state index contributed by atoms with van der Waals surface area (Å²) in [5, 5.41) is 8.86. The van der Waals surface area contributed by atoms with Crippen LogP contribution in [0.5, 0.6) is 17.2 Å². The molecule has 0 spiro atoms. The van der Waals surface area contributed by atoms with Gasteiger partial charge in [-0.15, -0.1) is 10.2 Å². The predicted molar refractivity (Wildman–Crippen MR) is 147 cm³/mol. The fourth-order valence-corrected chi connectivity index (χ4v) is 4.45. The van der Waals surface area contributed by atoms with Gasteiger partial charge in [0.15, 0.2) is 12.4 Å². The third-order valence-corrected chi connectivity index (χ3v) is 6.61. The van der Waals surface area contributed by atoms with Gasteiger partial charge < -0.3 is 24.0 Å². The zero-order valence-electron chi connectivity index (χ0n) is 21.5. The van der Waals surface area contributed by atoms with Gasteiger partial charge in [-0.2, -0.15) is 0 Å². The van der Waals surface area contributed by atoms with Crippen LogP contribution >= 0.6 is 0 Å². The van der Waals surface area contributed by atoms with Crippen LogP contribution in [-0.4, -0.2) is 68.0 Å². The van der Waals surface area contributed by atoms with Crippen molar-refractivity contribution in [1.82, 2.24) is 15.1 Å². The highest BCUT2D eigenvalue weighted by molar-refractivity contribution is 5.78. The lowest BCUT2D eigenvalue weighted by molar-refractivity contribution is -0.133. The number of benzene rings is 3. The Morgan fingerprint density at radius 1 is 0.763 bits per heavy atom. The van der Waals surface area contributed by atoms with E-state index in [4.69, 9.17) is 14.2 Å². The lowest BCUT2D eigenvalue weighted by Gasteiger charge is -2.35. The lowest BCUT2D eigenvalue weighted by atomic mass is 10.1. The summed E-state index contributed by atoms with van der Waals surface area (Å²) >= 11 is 0. The highest BCUT2D eigenvalue weighted by Gasteiger charge is 2.23. The Balaban J connectivity index is 1.13. The Morgan fingerprint density at radius 3 is 2.13 bits per heavy atom. The number of anilines is 1. The number of nitrogens with zero attached hydrogens (tertiary/aromatic N) is 4. The molecule has 8 heteroatoms. The average Bonchev–Trinajstić information content (AvgIpc) is 3.00. The summed E-state index contributed by atoms with van der Waals surface area (Å²) in [6.45, 7) is 2.56. The molecule has 4 aromatic rings. The minimum atomic E-state index is -0.0247. The van der Waals surface area contributed by atoms with E-state index in [-0.39, 0.29) is 12.5 Å². The molecule has 38 heavy (non-hydrogen) atoms. The number of aromatic nitrogens is 2. The quantitative estimate of drug-likeness (QED) is 0.344. The maximum Gasteiger partial charge on any atom is 0.260 e. The van der Waals surface area contributed by atoms with Crippen molar-refractivity contribution in [2.45, 2.75) is 0 Å². The second-order valence-electron chi connectivity index (χ2n) is 8.89. The van der Waals surface area contributed by atoms with Crippen molar-refractivity contribution >= 4 is 11.7 Å². The Kier molecular flexibility index (Phi) is 7.68. The molecule has 0 aliphatic carbocycles. The SMILES string of the molecule is COc1ccc(OC)c(-c2ccc(N3CCN(C(=O)COc4ccc(-c5ccccc5)cc4)CC3)nn2)c1. The molecule has 8 nitrogen and oxygen atoms in total. The zero-order chi connectivity index (χ0) is 26.3. The topological polar surface area (TPSA) is 77.0 Å². The number of hydrogen-bond donors (Lipinski definition) is 0. The zero-order valence-corrected chi connectivity index (χ0v) is 21.5. The van der Waals surface area contributed by atoms with E-state index in [0.717, 1.165) is 28.3 Å². The molecule has 1 aromatic heterocycles. The molecule has 1 fully saturated rings. The van der Waals surface area contributed by atoms with Gasteiger partial charge in [0.1, 0.15) is 17.2 Å². The van der Waals surface area contributed by atoms with Gasteiger partial charge in [0, 0.05) is 31.7 Å². The van der Waals surface area contributed by atoms with E-state index in [1.165, 1.54) is 0 Å². The van der Waals surface area contributed by atoms with E-state index in [0.29, 0.717) is 43.4 Å². The molecule has 0 saturated carbocycles. The summed E-state index contributed by atoms with van der Waals surface area (Å²) < 4.78 is 16.6. The predicted octanol–water partition coefficient (Wildman–Crippen LogP) is 4.56. The van der Waals surface area contributed by atoms with Crippen molar-refractivity contribution in [3.8, 4) is 39.6 Å². The molecule has 0 radical (unpaired) electrons. The van der Waals surface area contributed by atoms with Gasteiger partial charge in [-0.25, -0.2) is 0 Å². The van der Waals surface area contributed by atoms with Gasteiger partial charge in [-0.1, -0.05) is 42.5 Å². The van der Waals surface area contributed by atoms with Crippen LogP contribution in [0.25, 0.3) is 22.4 Å². The molecule has 1 amide bonds. The van der Waals surface area contributed by atoms with Crippen LogP contribution in [0.3, 0.4) is 0 Å². The van der Waals surface area contributed by atoms with Crippen molar-refractivity contribution in [3.05, 3.63) is 84.9 Å². The fourth-order valence-electron chi connectivity index (χ4n) is 4.45. The molecule has 3 aromatic carbocycles. The number of hydrogen-bond acceptors (Lipinski definition) is 7. The van der Waals surface area contributed by atoms with E-state index < -0.39 is 0 Å². The molecule has 0 atom stereocenters. The molecule has 1 saturated heterocycles. The maximum absolute atomic E-state index is 12.7. The normalized spacial score (nSPS) is 13.2. The number of rotatable bonds is 8. The van der Waals surface area contributed by atoms with Crippen LogP contribution in [-0.2, 0) is 4.79 Å². The number of carbonyl (C=O) groups is 1.